The average Bonchev–Trinajstić information content (AvgIpc) is 3.05. The van der Waals surface area contributed by atoms with Crippen LogP contribution in [0.3, 0.4) is 0 Å². The van der Waals surface area contributed by atoms with Gasteiger partial charge in [-0.25, -0.2) is 0 Å². The summed E-state index contributed by atoms with van der Waals surface area (Å²) in [5, 5.41) is 13.5. The highest BCUT2D eigenvalue weighted by Crippen LogP contribution is 2.23. The highest BCUT2D eigenvalue weighted by atomic mass is 16.3. The zero-order valence-corrected chi connectivity index (χ0v) is 14.5. The van der Waals surface area contributed by atoms with Gasteiger partial charge < -0.3 is 15.4 Å². The van der Waals surface area contributed by atoms with Crippen LogP contribution in [0.25, 0.3) is 10.9 Å². The van der Waals surface area contributed by atoms with Gasteiger partial charge in [0.1, 0.15) is 0 Å². The van der Waals surface area contributed by atoms with Gasteiger partial charge in [-0.2, -0.15) is 0 Å². The molecule has 3 rings (SSSR count). The first-order valence-electron chi connectivity index (χ1n) is 8.76. The molecule has 0 spiro atoms. The molecule has 0 saturated heterocycles. The molecular weight excluding hydrogens is 312 g/mol. The lowest BCUT2D eigenvalue weighted by atomic mass is 10.0. The van der Waals surface area contributed by atoms with Crippen LogP contribution in [0.4, 0.5) is 0 Å². The first kappa shape index (κ1) is 17.2. The van der Waals surface area contributed by atoms with Crippen LogP contribution in [-0.4, -0.2) is 22.6 Å². The molecule has 0 aliphatic carbocycles. The minimum Gasteiger partial charge on any atom is -0.396 e. The summed E-state index contributed by atoms with van der Waals surface area (Å²) in [6, 6.07) is 15.8. The first-order valence-corrected chi connectivity index (χ1v) is 8.76. The number of carbonyl (C=O) groups excluding carboxylic acids is 1. The Morgan fingerprint density at radius 3 is 2.64 bits per heavy atom. The highest BCUT2D eigenvalue weighted by molar-refractivity contribution is 5.90. The second kappa shape index (κ2) is 7.99. The van der Waals surface area contributed by atoms with Gasteiger partial charge >= 0.3 is 0 Å². The van der Waals surface area contributed by atoms with Gasteiger partial charge in [-0.05, 0) is 29.5 Å². The molecule has 4 nitrogen and oxygen atoms in total. The van der Waals surface area contributed by atoms with Crippen LogP contribution in [0.1, 0.15) is 36.1 Å². The second-order valence-electron chi connectivity index (χ2n) is 6.23. The quantitative estimate of drug-likeness (QED) is 0.618. The summed E-state index contributed by atoms with van der Waals surface area (Å²) < 4.78 is 0. The number of H-pyrrole nitrogens is 1. The van der Waals surface area contributed by atoms with E-state index in [0.717, 1.165) is 28.5 Å². The van der Waals surface area contributed by atoms with Crippen LogP contribution >= 0.6 is 0 Å². The van der Waals surface area contributed by atoms with Gasteiger partial charge in [0.2, 0.25) is 5.91 Å². The molecule has 0 aliphatic heterocycles. The minimum atomic E-state index is -0.171. The molecule has 3 N–H and O–H groups in total. The molecule has 3 aromatic rings. The van der Waals surface area contributed by atoms with E-state index in [1.165, 1.54) is 5.56 Å². The number of fused-ring (bicyclic) bond motifs is 1. The topological polar surface area (TPSA) is 65.1 Å². The zero-order valence-electron chi connectivity index (χ0n) is 14.5. The first-order chi connectivity index (χ1) is 12.2. The number of nitrogens with one attached hydrogen (secondary N) is 2. The predicted octanol–water partition coefficient (Wildman–Crippen LogP) is 3.51. The number of hydrogen-bond acceptors (Lipinski definition) is 2. The van der Waals surface area contributed by atoms with Gasteiger partial charge in [-0.3, -0.25) is 4.79 Å². The average molecular weight is 336 g/mol. The van der Waals surface area contributed by atoms with Crippen molar-refractivity contribution in [2.45, 2.75) is 32.2 Å². The lowest BCUT2D eigenvalue weighted by molar-refractivity contribution is -0.121. The molecule has 0 bridgehead atoms. The molecule has 2 aromatic carbocycles. The molecular formula is C21H24N2O2. The van der Waals surface area contributed by atoms with Gasteiger partial charge in [0.25, 0.3) is 0 Å². The lowest BCUT2D eigenvalue weighted by Gasteiger charge is -2.18. The number of benzene rings is 2. The molecule has 0 fully saturated rings. The number of para-hydroxylation sites is 1. The molecule has 1 aromatic heterocycles. The van der Waals surface area contributed by atoms with Gasteiger partial charge in [0.05, 0.1) is 12.5 Å². The monoisotopic (exact) mass is 336 g/mol. The third-order valence-corrected chi connectivity index (χ3v) is 4.57. The van der Waals surface area contributed by atoms with Gasteiger partial charge in [0.15, 0.2) is 0 Å². The van der Waals surface area contributed by atoms with Crippen molar-refractivity contribution in [1.29, 1.82) is 0 Å². The van der Waals surface area contributed by atoms with E-state index in [-0.39, 0.29) is 18.6 Å². The van der Waals surface area contributed by atoms with Gasteiger partial charge in [-0.1, -0.05) is 55.5 Å². The van der Waals surface area contributed by atoms with Crippen LogP contribution in [0, 0.1) is 0 Å². The number of hydrogen-bond donors (Lipinski definition) is 3. The molecule has 1 heterocycles. The Hall–Kier alpha value is -2.59. The van der Waals surface area contributed by atoms with Crippen molar-refractivity contribution in [2.75, 3.05) is 6.61 Å². The van der Waals surface area contributed by atoms with E-state index < -0.39 is 0 Å². The number of rotatable bonds is 7. The SMILES string of the molecule is CCc1cccc2c(CC(=O)NC(CCO)c3ccccc3)c[nH]c12. The van der Waals surface area contributed by atoms with Crippen LogP contribution in [0.15, 0.2) is 54.7 Å². The molecule has 0 saturated carbocycles. The smallest absolute Gasteiger partial charge is 0.224 e. The third kappa shape index (κ3) is 3.91. The Morgan fingerprint density at radius 2 is 1.92 bits per heavy atom. The Morgan fingerprint density at radius 1 is 1.12 bits per heavy atom. The summed E-state index contributed by atoms with van der Waals surface area (Å²) in [6.07, 6.45) is 3.70. The predicted molar refractivity (Wildman–Crippen MR) is 100 cm³/mol. The van der Waals surface area contributed by atoms with E-state index in [1.807, 2.05) is 42.6 Å². The van der Waals surface area contributed by atoms with E-state index in [1.54, 1.807) is 0 Å². The van der Waals surface area contributed by atoms with Gasteiger partial charge in [0, 0.05) is 23.7 Å². The van der Waals surface area contributed by atoms with E-state index >= 15 is 0 Å². The molecule has 1 atom stereocenters. The fourth-order valence-electron chi connectivity index (χ4n) is 3.27. The summed E-state index contributed by atoms with van der Waals surface area (Å²) in [7, 11) is 0. The number of amides is 1. The third-order valence-electron chi connectivity index (χ3n) is 4.57. The maximum atomic E-state index is 12.6. The Kier molecular flexibility index (Phi) is 5.51. The number of aryl methyl sites for hydroxylation is 1. The van der Waals surface area contributed by atoms with Crippen LogP contribution < -0.4 is 5.32 Å². The molecule has 25 heavy (non-hydrogen) atoms. The highest BCUT2D eigenvalue weighted by Gasteiger charge is 2.16. The Labute approximate surface area is 147 Å². The van der Waals surface area contributed by atoms with Crippen molar-refractivity contribution in [2.24, 2.45) is 0 Å². The number of carbonyl (C=O) groups is 1. The summed E-state index contributed by atoms with van der Waals surface area (Å²) in [5.74, 6) is -0.0369. The lowest BCUT2D eigenvalue weighted by Crippen LogP contribution is -2.30. The summed E-state index contributed by atoms with van der Waals surface area (Å²) >= 11 is 0. The standard InChI is InChI=1S/C21H24N2O2/c1-2-15-9-6-10-18-17(14-22-21(15)18)13-20(25)23-19(11-12-24)16-7-4-3-5-8-16/h3-10,14,19,22,24H,2,11-13H2,1H3,(H,23,25). The molecule has 0 radical (unpaired) electrons. The van der Waals surface area contributed by atoms with E-state index in [4.69, 9.17) is 0 Å². The number of aliphatic hydroxyl groups excluding tert-OH is 1. The number of aromatic nitrogens is 1. The fourth-order valence-corrected chi connectivity index (χ4v) is 3.27. The molecule has 1 amide bonds. The van der Waals surface area contributed by atoms with Crippen LogP contribution in [0.2, 0.25) is 0 Å². The van der Waals surface area contributed by atoms with E-state index in [2.05, 4.69) is 29.4 Å². The molecule has 0 aliphatic rings. The maximum absolute atomic E-state index is 12.6. The molecule has 130 valence electrons. The summed E-state index contributed by atoms with van der Waals surface area (Å²) in [6.45, 7) is 2.16. The van der Waals surface area contributed by atoms with Gasteiger partial charge in [-0.15, -0.1) is 0 Å². The number of aromatic amines is 1. The van der Waals surface area contributed by atoms with Crippen molar-refractivity contribution in [3.8, 4) is 0 Å². The van der Waals surface area contributed by atoms with Crippen molar-refractivity contribution in [3.63, 3.8) is 0 Å². The van der Waals surface area contributed by atoms with Crippen LogP contribution in [-0.2, 0) is 17.6 Å². The zero-order chi connectivity index (χ0) is 17.6. The van der Waals surface area contributed by atoms with E-state index in [0.29, 0.717) is 12.8 Å². The summed E-state index contributed by atoms with van der Waals surface area (Å²) in [5.41, 5.74) is 4.38. The molecule has 4 heteroatoms. The second-order valence-corrected chi connectivity index (χ2v) is 6.23. The van der Waals surface area contributed by atoms with Crippen molar-refractivity contribution in [1.82, 2.24) is 10.3 Å². The normalized spacial score (nSPS) is 12.2. The van der Waals surface area contributed by atoms with Crippen molar-refractivity contribution < 1.29 is 9.90 Å². The maximum Gasteiger partial charge on any atom is 0.224 e. The molecule has 1 unspecified atom stereocenters. The fraction of sp³-hybridized carbons (Fsp3) is 0.286. The summed E-state index contributed by atoms with van der Waals surface area (Å²) in [4.78, 5) is 15.9. The Bertz CT molecular complexity index is 839. The Balaban J connectivity index is 1.75. The van der Waals surface area contributed by atoms with Crippen LogP contribution in [0.5, 0.6) is 0 Å². The number of aliphatic hydroxyl groups is 1. The van der Waals surface area contributed by atoms with Crippen molar-refractivity contribution >= 4 is 16.8 Å². The minimum absolute atomic E-state index is 0.0345. The van der Waals surface area contributed by atoms with Crippen molar-refractivity contribution in [3.05, 3.63) is 71.4 Å². The largest absolute Gasteiger partial charge is 0.396 e. The van der Waals surface area contributed by atoms with E-state index in [9.17, 15) is 9.90 Å².